The standard InChI is InChI=1S/C7H9ClN2S/c1-11-5-10-6-3-2-4-9-7(6)8/h2-4,10H,5H2,1H3. The van der Waals surface area contributed by atoms with Crippen LogP contribution in [0.4, 0.5) is 5.69 Å². The Morgan fingerprint density at radius 3 is 3.18 bits per heavy atom. The Hall–Kier alpha value is -0.410. The summed E-state index contributed by atoms with van der Waals surface area (Å²) in [5.41, 5.74) is 0.892. The van der Waals surface area contributed by atoms with Crippen LogP contribution in [0.2, 0.25) is 5.15 Å². The number of hydrogen-bond donors (Lipinski definition) is 1. The highest BCUT2D eigenvalue weighted by Gasteiger charge is 1.96. The van der Waals surface area contributed by atoms with Crippen LogP contribution < -0.4 is 5.32 Å². The Morgan fingerprint density at radius 1 is 1.73 bits per heavy atom. The minimum absolute atomic E-state index is 0.529. The Kier molecular flexibility index (Phi) is 3.52. The zero-order valence-electron chi connectivity index (χ0n) is 6.17. The topological polar surface area (TPSA) is 24.9 Å². The maximum Gasteiger partial charge on any atom is 0.152 e. The van der Waals surface area contributed by atoms with Gasteiger partial charge in [-0.2, -0.15) is 0 Å². The second kappa shape index (κ2) is 4.46. The fourth-order valence-corrected chi connectivity index (χ4v) is 1.15. The largest absolute Gasteiger partial charge is 0.374 e. The zero-order chi connectivity index (χ0) is 8.10. The van der Waals surface area contributed by atoms with Gasteiger partial charge in [0.15, 0.2) is 5.15 Å². The van der Waals surface area contributed by atoms with E-state index in [1.165, 1.54) is 0 Å². The van der Waals surface area contributed by atoms with Crippen LogP contribution in [-0.4, -0.2) is 17.1 Å². The van der Waals surface area contributed by atoms with Crippen molar-refractivity contribution < 1.29 is 0 Å². The third-order valence-electron chi connectivity index (χ3n) is 1.17. The van der Waals surface area contributed by atoms with E-state index in [2.05, 4.69) is 10.3 Å². The molecular weight excluding hydrogens is 180 g/mol. The lowest BCUT2D eigenvalue weighted by Gasteiger charge is -2.03. The Balaban J connectivity index is 2.62. The van der Waals surface area contributed by atoms with Crippen molar-refractivity contribution >= 4 is 29.1 Å². The average molecular weight is 189 g/mol. The second-order valence-corrected chi connectivity index (χ2v) is 3.18. The SMILES string of the molecule is CSCNc1cccnc1Cl. The highest BCUT2D eigenvalue weighted by atomic mass is 35.5. The van der Waals surface area contributed by atoms with Crippen molar-refractivity contribution in [3.8, 4) is 0 Å². The predicted octanol–water partition coefficient (Wildman–Crippen LogP) is 2.47. The lowest BCUT2D eigenvalue weighted by molar-refractivity contribution is 1.30. The van der Waals surface area contributed by atoms with Gasteiger partial charge in [0.2, 0.25) is 0 Å². The molecule has 0 aliphatic heterocycles. The van der Waals surface area contributed by atoms with Crippen molar-refractivity contribution in [1.29, 1.82) is 0 Å². The highest BCUT2D eigenvalue weighted by Crippen LogP contribution is 2.17. The van der Waals surface area contributed by atoms with E-state index in [0.717, 1.165) is 11.6 Å². The minimum Gasteiger partial charge on any atom is -0.374 e. The summed E-state index contributed by atoms with van der Waals surface area (Å²) in [7, 11) is 0. The molecule has 1 N–H and O–H groups in total. The summed E-state index contributed by atoms with van der Waals surface area (Å²) in [6.07, 6.45) is 3.70. The van der Waals surface area contributed by atoms with Crippen LogP contribution in [0, 0.1) is 0 Å². The van der Waals surface area contributed by atoms with Crippen LogP contribution in [0.15, 0.2) is 18.3 Å². The molecule has 0 spiro atoms. The van der Waals surface area contributed by atoms with Gasteiger partial charge in [0, 0.05) is 6.20 Å². The molecule has 1 aromatic heterocycles. The molecule has 4 heteroatoms. The summed E-state index contributed by atoms with van der Waals surface area (Å²) in [4.78, 5) is 3.93. The summed E-state index contributed by atoms with van der Waals surface area (Å²) in [6, 6.07) is 3.76. The van der Waals surface area contributed by atoms with Gasteiger partial charge in [-0.25, -0.2) is 4.98 Å². The van der Waals surface area contributed by atoms with Crippen molar-refractivity contribution in [2.75, 3.05) is 17.4 Å². The lowest BCUT2D eigenvalue weighted by Crippen LogP contribution is -1.97. The van der Waals surface area contributed by atoms with Crippen molar-refractivity contribution in [1.82, 2.24) is 4.98 Å². The number of thioether (sulfide) groups is 1. The van der Waals surface area contributed by atoms with E-state index in [-0.39, 0.29) is 0 Å². The van der Waals surface area contributed by atoms with Crippen molar-refractivity contribution in [2.24, 2.45) is 0 Å². The van der Waals surface area contributed by atoms with Crippen LogP contribution in [0.5, 0.6) is 0 Å². The molecule has 1 heterocycles. The monoisotopic (exact) mass is 188 g/mol. The van der Waals surface area contributed by atoms with E-state index >= 15 is 0 Å². The van der Waals surface area contributed by atoms with Crippen LogP contribution >= 0.6 is 23.4 Å². The van der Waals surface area contributed by atoms with Crippen molar-refractivity contribution in [2.45, 2.75) is 0 Å². The molecule has 2 nitrogen and oxygen atoms in total. The number of aromatic nitrogens is 1. The van der Waals surface area contributed by atoms with Gasteiger partial charge in [-0.15, -0.1) is 11.8 Å². The molecule has 0 fully saturated rings. The van der Waals surface area contributed by atoms with Gasteiger partial charge >= 0.3 is 0 Å². The molecule has 0 saturated heterocycles. The molecule has 0 aliphatic rings. The summed E-state index contributed by atoms with van der Waals surface area (Å²) in [6.45, 7) is 0. The average Bonchev–Trinajstić information content (AvgIpc) is 2.03. The quantitative estimate of drug-likeness (QED) is 0.583. The normalized spacial score (nSPS) is 9.64. The van der Waals surface area contributed by atoms with Gasteiger partial charge in [-0.3, -0.25) is 0 Å². The van der Waals surface area contributed by atoms with Gasteiger partial charge in [-0.1, -0.05) is 11.6 Å². The Bertz CT molecular complexity index is 229. The predicted molar refractivity (Wildman–Crippen MR) is 51.3 cm³/mol. The molecule has 1 rings (SSSR count). The van der Waals surface area contributed by atoms with Gasteiger partial charge in [-0.05, 0) is 18.4 Å². The third-order valence-corrected chi connectivity index (χ3v) is 1.90. The summed E-state index contributed by atoms with van der Waals surface area (Å²) < 4.78 is 0. The van der Waals surface area contributed by atoms with Gasteiger partial charge in [0.05, 0.1) is 11.6 Å². The molecule has 1 aromatic rings. The van der Waals surface area contributed by atoms with E-state index < -0.39 is 0 Å². The number of rotatable bonds is 3. The van der Waals surface area contributed by atoms with Crippen LogP contribution in [0.1, 0.15) is 0 Å². The first-order valence-electron chi connectivity index (χ1n) is 3.18. The fourth-order valence-electron chi connectivity index (χ4n) is 0.668. The van der Waals surface area contributed by atoms with Crippen LogP contribution in [0.3, 0.4) is 0 Å². The van der Waals surface area contributed by atoms with E-state index in [1.54, 1.807) is 18.0 Å². The van der Waals surface area contributed by atoms with E-state index in [9.17, 15) is 0 Å². The molecule has 0 unspecified atom stereocenters. The molecule has 0 atom stereocenters. The van der Waals surface area contributed by atoms with E-state index in [4.69, 9.17) is 11.6 Å². The molecule has 0 saturated carbocycles. The smallest absolute Gasteiger partial charge is 0.152 e. The van der Waals surface area contributed by atoms with Crippen molar-refractivity contribution in [3.63, 3.8) is 0 Å². The molecule has 0 radical (unpaired) electrons. The fraction of sp³-hybridized carbons (Fsp3) is 0.286. The zero-order valence-corrected chi connectivity index (χ0v) is 7.75. The Morgan fingerprint density at radius 2 is 2.55 bits per heavy atom. The van der Waals surface area contributed by atoms with Crippen LogP contribution in [0.25, 0.3) is 0 Å². The molecule has 11 heavy (non-hydrogen) atoms. The number of nitrogens with one attached hydrogen (secondary N) is 1. The summed E-state index contributed by atoms with van der Waals surface area (Å²) in [5, 5.41) is 3.66. The molecule has 0 aliphatic carbocycles. The van der Waals surface area contributed by atoms with Crippen LogP contribution in [-0.2, 0) is 0 Å². The first-order chi connectivity index (χ1) is 5.34. The molecule has 0 amide bonds. The van der Waals surface area contributed by atoms with Gasteiger partial charge in [0.25, 0.3) is 0 Å². The number of nitrogens with zero attached hydrogens (tertiary/aromatic N) is 1. The first-order valence-corrected chi connectivity index (χ1v) is 4.95. The number of anilines is 1. The maximum atomic E-state index is 5.78. The number of hydrogen-bond acceptors (Lipinski definition) is 3. The first kappa shape index (κ1) is 8.68. The van der Waals surface area contributed by atoms with E-state index in [0.29, 0.717) is 5.15 Å². The molecule has 0 bridgehead atoms. The maximum absolute atomic E-state index is 5.78. The number of pyridine rings is 1. The minimum atomic E-state index is 0.529. The Labute approximate surface area is 75.4 Å². The lowest BCUT2D eigenvalue weighted by atomic mass is 10.4. The molecular formula is C7H9ClN2S. The van der Waals surface area contributed by atoms with Gasteiger partial charge in [0.1, 0.15) is 0 Å². The highest BCUT2D eigenvalue weighted by molar-refractivity contribution is 7.98. The molecule has 60 valence electrons. The second-order valence-electron chi connectivity index (χ2n) is 1.95. The number of halogens is 1. The summed E-state index contributed by atoms with van der Waals surface area (Å²) >= 11 is 7.48. The van der Waals surface area contributed by atoms with E-state index in [1.807, 2.05) is 18.4 Å². The van der Waals surface area contributed by atoms with Crippen molar-refractivity contribution in [3.05, 3.63) is 23.5 Å². The van der Waals surface area contributed by atoms with Gasteiger partial charge < -0.3 is 5.32 Å². The third kappa shape index (κ3) is 2.60. The molecule has 0 aromatic carbocycles. The summed E-state index contributed by atoms with van der Waals surface area (Å²) in [5.74, 6) is 0.853.